The number of aryl methyl sites for hydroxylation is 1. The number of pyridine rings is 1. The molecule has 0 radical (unpaired) electrons. The maximum Gasteiger partial charge on any atom is 0.317 e. The molecule has 2 amide bonds. The van der Waals surface area contributed by atoms with Crippen LogP contribution in [0.1, 0.15) is 18.2 Å². The first-order valence-electron chi connectivity index (χ1n) is 11.5. The Balaban J connectivity index is 1.44. The van der Waals surface area contributed by atoms with Crippen LogP contribution >= 0.6 is 0 Å². The summed E-state index contributed by atoms with van der Waals surface area (Å²) in [7, 11) is -4.03. The van der Waals surface area contributed by atoms with Gasteiger partial charge in [-0.3, -0.25) is 9.78 Å². The van der Waals surface area contributed by atoms with Crippen LogP contribution in [0, 0.1) is 12.8 Å². The minimum Gasteiger partial charge on any atom is -0.489 e. The zero-order chi connectivity index (χ0) is 25.9. The lowest BCUT2D eigenvalue weighted by Crippen LogP contribution is -2.43. The van der Waals surface area contributed by atoms with Gasteiger partial charge in [0.1, 0.15) is 12.4 Å². The molecule has 1 aliphatic heterocycles. The van der Waals surface area contributed by atoms with E-state index >= 15 is 0 Å². The fourth-order valence-corrected chi connectivity index (χ4v) is 5.53. The van der Waals surface area contributed by atoms with Gasteiger partial charge in [0.25, 0.3) is 0 Å². The zero-order valence-corrected chi connectivity index (χ0v) is 20.8. The first-order chi connectivity index (χ1) is 17.2. The number of rotatable bonds is 8. The lowest BCUT2D eigenvalue weighted by molar-refractivity contribution is -0.141. The fourth-order valence-electron chi connectivity index (χ4n) is 4.26. The number of likely N-dealkylation sites (tertiary alicyclic amines) is 1. The number of ether oxygens (including phenoxy) is 1. The molecule has 2 atom stereocenters. The van der Waals surface area contributed by atoms with Gasteiger partial charge in [-0.15, -0.1) is 0 Å². The topological polar surface area (TPSA) is 138 Å². The number of nitrogens with one attached hydrogen (secondary N) is 2. The molecule has 1 saturated heterocycles. The summed E-state index contributed by atoms with van der Waals surface area (Å²) in [5.74, 6) is -1.74. The van der Waals surface area contributed by atoms with Crippen LogP contribution in [-0.2, 0) is 21.4 Å². The highest BCUT2D eigenvalue weighted by Crippen LogP contribution is 2.24. The molecule has 10 nitrogen and oxygen atoms in total. The maximum atomic E-state index is 13.0. The molecule has 4 rings (SSSR count). The molecule has 1 aliphatic rings. The number of carboxylic acids is 1. The third-order valence-corrected chi connectivity index (χ3v) is 7.52. The van der Waals surface area contributed by atoms with Gasteiger partial charge in [-0.2, -0.15) is 0 Å². The molecule has 3 aromatic rings. The van der Waals surface area contributed by atoms with Crippen molar-refractivity contribution in [3.05, 3.63) is 65.9 Å². The summed E-state index contributed by atoms with van der Waals surface area (Å²) in [5, 5.41) is 13.1. The second-order valence-electron chi connectivity index (χ2n) is 8.61. The molecule has 2 heterocycles. The molecule has 0 unspecified atom stereocenters. The van der Waals surface area contributed by atoms with E-state index in [4.69, 9.17) is 4.74 Å². The molecular weight excluding hydrogens is 484 g/mol. The molecule has 2 aromatic carbocycles. The van der Waals surface area contributed by atoms with Crippen molar-refractivity contribution in [2.75, 3.05) is 19.6 Å². The Bertz CT molecular complexity index is 1380. The van der Waals surface area contributed by atoms with Crippen LogP contribution in [0.2, 0.25) is 0 Å². The molecule has 36 heavy (non-hydrogen) atoms. The minimum atomic E-state index is -4.03. The summed E-state index contributed by atoms with van der Waals surface area (Å²) in [6.07, 6.45) is 0. The van der Waals surface area contributed by atoms with Gasteiger partial charge in [-0.05, 0) is 50.2 Å². The van der Waals surface area contributed by atoms with Crippen molar-refractivity contribution >= 4 is 32.9 Å². The number of aliphatic carboxylic acids is 1. The molecule has 0 saturated carbocycles. The zero-order valence-electron chi connectivity index (χ0n) is 20.0. The summed E-state index contributed by atoms with van der Waals surface area (Å²) in [5.41, 5.74) is 2.71. The number of nitrogens with zero attached hydrogens (tertiary/aromatic N) is 2. The molecule has 0 bridgehead atoms. The van der Waals surface area contributed by atoms with Crippen LogP contribution in [0.4, 0.5) is 4.79 Å². The van der Waals surface area contributed by atoms with E-state index in [2.05, 4.69) is 15.0 Å². The predicted molar refractivity (Wildman–Crippen MR) is 133 cm³/mol. The minimum absolute atomic E-state index is 0.0272. The van der Waals surface area contributed by atoms with Crippen LogP contribution in [0.15, 0.2) is 59.5 Å². The summed E-state index contributed by atoms with van der Waals surface area (Å²) in [6, 6.07) is 14.3. The number of carbonyl (C=O) groups excluding carboxylic acids is 1. The van der Waals surface area contributed by atoms with E-state index in [0.29, 0.717) is 12.3 Å². The third kappa shape index (κ3) is 5.58. The molecule has 0 spiro atoms. The van der Waals surface area contributed by atoms with Crippen molar-refractivity contribution in [3.63, 3.8) is 0 Å². The smallest absolute Gasteiger partial charge is 0.317 e. The van der Waals surface area contributed by atoms with Gasteiger partial charge < -0.3 is 20.1 Å². The van der Waals surface area contributed by atoms with Crippen molar-refractivity contribution in [2.24, 2.45) is 5.92 Å². The average Bonchev–Trinajstić information content (AvgIpc) is 3.26. The van der Waals surface area contributed by atoms with Gasteiger partial charge in [-0.1, -0.05) is 18.2 Å². The Labute approximate surface area is 209 Å². The number of aromatic nitrogens is 1. The van der Waals surface area contributed by atoms with E-state index in [1.54, 1.807) is 19.1 Å². The first kappa shape index (κ1) is 25.4. The average molecular weight is 513 g/mol. The number of para-hydroxylation sites is 1. The fraction of sp³-hybridized carbons (Fsp3) is 0.320. The van der Waals surface area contributed by atoms with E-state index in [1.165, 1.54) is 17.0 Å². The Hall–Kier alpha value is -3.70. The van der Waals surface area contributed by atoms with Crippen LogP contribution in [0.5, 0.6) is 5.75 Å². The quantitative estimate of drug-likeness (QED) is 0.422. The van der Waals surface area contributed by atoms with Crippen molar-refractivity contribution < 1.29 is 27.9 Å². The van der Waals surface area contributed by atoms with Gasteiger partial charge in [0.05, 0.1) is 22.4 Å². The normalized spacial score (nSPS) is 17.8. The molecule has 1 fully saturated rings. The van der Waals surface area contributed by atoms with E-state index in [9.17, 15) is 23.1 Å². The van der Waals surface area contributed by atoms with E-state index < -0.39 is 34.0 Å². The number of amides is 2. The number of sulfonamides is 1. The Morgan fingerprint density at radius 1 is 1.14 bits per heavy atom. The third-order valence-electron chi connectivity index (χ3n) is 6.02. The van der Waals surface area contributed by atoms with Gasteiger partial charge in [0.15, 0.2) is 0 Å². The van der Waals surface area contributed by atoms with Gasteiger partial charge >= 0.3 is 12.0 Å². The molecule has 3 N–H and O–H groups in total. The highest BCUT2D eigenvalue weighted by atomic mass is 32.2. The van der Waals surface area contributed by atoms with Crippen molar-refractivity contribution in [1.82, 2.24) is 19.9 Å². The largest absolute Gasteiger partial charge is 0.489 e. The second kappa shape index (κ2) is 10.5. The number of urea groups is 1. The SMILES string of the molecule is CCNC(=O)N1C[C@H](NS(=O)(=O)c2ccc(OCc3cc(C)nc4ccccc34)cc2)[C@H](C(=O)O)C1. The standard InChI is InChI=1S/C25H28N4O6S/c1-3-26-25(32)29-13-21(24(30)31)23(14-29)28-36(33,34)19-10-8-18(9-11-19)35-15-17-12-16(2)27-22-7-5-4-6-20(17)22/h4-12,21,23,28H,3,13-15H2,1-2H3,(H,26,32)(H,30,31)/t21-,23+/m1/s1. The second-order valence-corrected chi connectivity index (χ2v) is 10.3. The summed E-state index contributed by atoms with van der Waals surface area (Å²) in [6.45, 7) is 4.21. The van der Waals surface area contributed by atoms with Crippen LogP contribution < -0.4 is 14.8 Å². The van der Waals surface area contributed by atoms with Crippen molar-refractivity contribution in [1.29, 1.82) is 0 Å². The summed E-state index contributed by atoms with van der Waals surface area (Å²) < 4.78 is 34.3. The summed E-state index contributed by atoms with van der Waals surface area (Å²) >= 11 is 0. The van der Waals surface area contributed by atoms with Gasteiger partial charge in [-0.25, -0.2) is 17.9 Å². The Kier molecular flexibility index (Phi) is 7.41. The monoisotopic (exact) mass is 512 g/mol. The van der Waals surface area contributed by atoms with Crippen molar-refractivity contribution in [3.8, 4) is 5.75 Å². The van der Waals surface area contributed by atoms with Gasteiger partial charge in [0, 0.05) is 36.3 Å². The van der Waals surface area contributed by atoms with Crippen molar-refractivity contribution in [2.45, 2.75) is 31.4 Å². The number of fused-ring (bicyclic) bond motifs is 1. The number of benzene rings is 2. The van der Waals surface area contributed by atoms with Gasteiger partial charge in [0.2, 0.25) is 10.0 Å². The Morgan fingerprint density at radius 2 is 1.86 bits per heavy atom. The number of hydrogen-bond acceptors (Lipinski definition) is 6. The summed E-state index contributed by atoms with van der Waals surface area (Å²) in [4.78, 5) is 29.6. The first-order valence-corrected chi connectivity index (χ1v) is 13.0. The molecule has 190 valence electrons. The van der Waals surface area contributed by atoms with E-state index in [0.717, 1.165) is 22.2 Å². The lowest BCUT2D eigenvalue weighted by Gasteiger charge is -2.18. The molecular formula is C25H28N4O6S. The molecule has 1 aromatic heterocycles. The molecule has 11 heteroatoms. The lowest BCUT2D eigenvalue weighted by atomic mass is 10.1. The highest BCUT2D eigenvalue weighted by molar-refractivity contribution is 7.89. The Morgan fingerprint density at radius 3 is 2.56 bits per heavy atom. The number of carboxylic acid groups (broad SMARTS) is 1. The number of hydrogen-bond donors (Lipinski definition) is 3. The van der Waals surface area contributed by atoms with Crippen LogP contribution in [-0.4, -0.2) is 61.1 Å². The molecule has 0 aliphatic carbocycles. The van der Waals surface area contributed by atoms with E-state index in [-0.39, 0.29) is 24.6 Å². The maximum absolute atomic E-state index is 13.0. The number of carbonyl (C=O) groups is 2. The van der Waals surface area contributed by atoms with Crippen LogP contribution in [0.3, 0.4) is 0 Å². The van der Waals surface area contributed by atoms with E-state index in [1.807, 2.05) is 37.3 Å². The highest BCUT2D eigenvalue weighted by Gasteiger charge is 2.41. The van der Waals surface area contributed by atoms with Crippen LogP contribution in [0.25, 0.3) is 10.9 Å². The predicted octanol–water partition coefficient (Wildman–Crippen LogP) is 2.52.